The van der Waals surface area contributed by atoms with E-state index in [4.69, 9.17) is 5.11 Å². The first-order valence-corrected chi connectivity index (χ1v) is 5.12. The molecule has 1 nitrogen and oxygen atoms in total. The summed E-state index contributed by atoms with van der Waals surface area (Å²) in [6.45, 7) is 0.0614. The molecule has 1 heterocycles. The maximum absolute atomic E-state index is 12.6. The first kappa shape index (κ1) is 9.37. The third-order valence-corrected chi connectivity index (χ3v) is 2.91. The van der Waals surface area contributed by atoms with Gasteiger partial charge in [-0.3, -0.25) is 0 Å². The molecule has 0 amide bonds. The summed E-state index contributed by atoms with van der Waals surface area (Å²) in [5.74, 6) is -0.230. The number of aliphatic hydroxyl groups excluding tert-OH is 1. The summed E-state index contributed by atoms with van der Waals surface area (Å²) in [4.78, 5) is 0.921. The zero-order chi connectivity index (χ0) is 9.97. The predicted molar refractivity (Wildman–Crippen MR) is 55.6 cm³/mol. The van der Waals surface area contributed by atoms with E-state index in [0.717, 1.165) is 16.0 Å². The third kappa shape index (κ3) is 1.84. The molecule has 14 heavy (non-hydrogen) atoms. The van der Waals surface area contributed by atoms with Gasteiger partial charge in [0.2, 0.25) is 0 Å². The second-order valence-electron chi connectivity index (χ2n) is 2.97. The van der Waals surface area contributed by atoms with Gasteiger partial charge in [0.05, 0.1) is 6.61 Å². The summed E-state index contributed by atoms with van der Waals surface area (Å²) < 4.78 is 12.6. The predicted octanol–water partition coefficient (Wildman–Crippen LogP) is 3.05. The molecule has 1 N–H and O–H groups in total. The Kier molecular flexibility index (Phi) is 2.61. The number of thiophene rings is 1. The van der Waals surface area contributed by atoms with Gasteiger partial charge in [0.25, 0.3) is 0 Å². The largest absolute Gasteiger partial charge is 0.391 e. The fraction of sp³-hybridized carbons (Fsp3) is 0.0909. The Bertz CT molecular complexity index is 419. The van der Waals surface area contributed by atoms with Crippen molar-refractivity contribution in [2.45, 2.75) is 6.61 Å². The summed E-state index contributed by atoms with van der Waals surface area (Å²) in [5, 5.41) is 10.8. The number of hydrogen-bond acceptors (Lipinski definition) is 2. The summed E-state index contributed by atoms with van der Waals surface area (Å²) in [6.07, 6.45) is 0. The van der Waals surface area contributed by atoms with Crippen molar-refractivity contribution in [3.05, 3.63) is 46.4 Å². The van der Waals surface area contributed by atoms with Gasteiger partial charge in [-0.25, -0.2) is 4.39 Å². The van der Waals surface area contributed by atoms with Gasteiger partial charge in [0.1, 0.15) is 5.82 Å². The lowest BCUT2D eigenvalue weighted by Gasteiger charge is -1.95. The lowest BCUT2D eigenvalue weighted by molar-refractivity contribution is 0.285. The van der Waals surface area contributed by atoms with Crippen LogP contribution in [0, 0.1) is 5.82 Å². The number of rotatable bonds is 2. The Morgan fingerprint density at radius 3 is 2.43 bits per heavy atom. The monoisotopic (exact) mass is 208 g/mol. The van der Waals surface area contributed by atoms with E-state index >= 15 is 0 Å². The number of aliphatic hydroxyl groups is 1. The smallest absolute Gasteiger partial charge is 0.123 e. The van der Waals surface area contributed by atoms with E-state index < -0.39 is 0 Å². The van der Waals surface area contributed by atoms with E-state index in [1.807, 2.05) is 11.4 Å². The Morgan fingerprint density at radius 2 is 1.86 bits per heavy atom. The molecule has 0 unspecified atom stereocenters. The van der Waals surface area contributed by atoms with Crippen molar-refractivity contribution in [1.29, 1.82) is 0 Å². The molecule has 72 valence electrons. The van der Waals surface area contributed by atoms with Crippen molar-refractivity contribution in [3.8, 4) is 11.1 Å². The standard InChI is InChI=1S/C11H9FOS/c12-10-3-1-8(2-4-10)9-5-11(6-13)14-7-9/h1-5,7,13H,6H2. The molecule has 1 aromatic carbocycles. The highest BCUT2D eigenvalue weighted by Gasteiger charge is 2.01. The van der Waals surface area contributed by atoms with E-state index in [2.05, 4.69) is 0 Å². The average Bonchev–Trinajstić information content (AvgIpc) is 2.67. The lowest BCUT2D eigenvalue weighted by Crippen LogP contribution is -1.76. The molecule has 1 aromatic heterocycles. The van der Waals surface area contributed by atoms with Crippen molar-refractivity contribution < 1.29 is 9.50 Å². The topological polar surface area (TPSA) is 20.2 Å². The number of halogens is 1. The molecule has 0 aliphatic heterocycles. The zero-order valence-electron chi connectivity index (χ0n) is 7.40. The quantitative estimate of drug-likeness (QED) is 0.804. The van der Waals surface area contributed by atoms with Crippen molar-refractivity contribution in [3.63, 3.8) is 0 Å². The van der Waals surface area contributed by atoms with Gasteiger partial charge in [-0.2, -0.15) is 0 Å². The molecule has 0 aliphatic carbocycles. The fourth-order valence-electron chi connectivity index (χ4n) is 1.26. The van der Waals surface area contributed by atoms with Crippen LogP contribution in [0.15, 0.2) is 35.7 Å². The second kappa shape index (κ2) is 3.90. The Hall–Kier alpha value is -1.19. The number of hydrogen-bond donors (Lipinski definition) is 1. The molecular formula is C11H9FOS. The zero-order valence-corrected chi connectivity index (χ0v) is 8.22. The third-order valence-electron chi connectivity index (χ3n) is 1.99. The van der Waals surface area contributed by atoms with Gasteiger partial charge in [0.15, 0.2) is 0 Å². The van der Waals surface area contributed by atoms with E-state index in [1.165, 1.54) is 23.5 Å². The molecular weight excluding hydrogens is 199 g/mol. The normalized spacial score (nSPS) is 10.4. The SMILES string of the molecule is OCc1cc(-c2ccc(F)cc2)cs1. The summed E-state index contributed by atoms with van der Waals surface area (Å²) >= 11 is 1.50. The Morgan fingerprint density at radius 1 is 1.14 bits per heavy atom. The highest BCUT2D eigenvalue weighted by atomic mass is 32.1. The lowest BCUT2D eigenvalue weighted by atomic mass is 10.1. The van der Waals surface area contributed by atoms with Gasteiger partial charge >= 0.3 is 0 Å². The summed E-state index contributed by atoms with van der Waals surface area (Å²) in [7, 11) is 0. The molecule has 2 aromatic rings. The molecule has 0 bridgehead atoms. The van der Waals surface area contributed by atoms with Gasteiger partial charge < -0.3 is 5.11 Å². The van der Waals surface area contributed by atoms with Crippen LogP contribution in [-0.4, -0.2) is 5.11 Å². The average molecular weight is 208 g/mol. The van der Waals surface area contributed by atoms with Crippen molar-refractivity contribution in [1.82, 2.24) is 0 Å². The van der Waals surface area contributed by atoms with Crippen LogP contribution in [0.3, 0.4) is 0 Å². The van der Waals surface area contributed by atoms with E-state index in [1.54, 1.807) is 12.1 Å². The minimum atomic E-state index is -0.230. The van der Waals surface area contributed by atoms with Gasteiger partial charge in [-0.05, 0) is 34.7 Å². The summed E-state index contributed by atoms with van der Waals surface area (Å²) in [6, 6.07) is 8.26. The maximum Gasteiger partial charge on any atom is 0.123 e. The molecule has 0 aliphatic rings. The molecule has 2 rings (SSSR count). The Labute approximate surface area is 85.5 Å². The molecule has 0 fully saturated rings. The van der Waals surface area contributed by atoms with Crippen LogP contribution in [0.1, 0.15) is 4.88 Å². The molecule has 0 radical (unpaired) electrons. The van der Waals surface area contributed by atoms with Crippen LogP contribution >= 0.6 is 11.3 Å². The Balaban J connectivity index is 2.34. The van der Waals surface area contributed by atoms with Gasteiger partial charge in [-0.15, -0.1) is 11.3 Å². The van der Waals surface area contributed by atoms with Crippen LogP contribution < -0.4 is 0 Å². The van der Waals surface area contributed by atoms with Crippen LogP contribution in [0.25, 0.3) is 11.1 Å². The maximum atomic E-state index is 12.6. The van der Waals surface area contributed by atoms with E-state index in [0.29, 0.717) is 0 Å². The minimum absolute atomic E-state index is 0.0614. The molecule has 0 atom stereocenters. The van der Waals surface area contributed by atoms with Crippen LogP contribution in [0.4, 0.5) is 4.39 Å². The second-order valence-corrected chi connectivity index (χ2v) is 3.96. The van der Waals surface area contributed by atoms with Crippen molar-refractivity contribution >= 4 is 11.3 Å². The van der Waals surface area contributed by atoms with Crippen LogP contribution in [0.2, 0.25) is 0 Å². The van der Waals surface area contributed by atoms with Crippen LogP contribution in [-0.2, 0) is 6.61 Å². The summed E-state index contributed by atoms with van der Waals surface area (Å²) in [5.41, 5.74) is 2.00. The van der Waals surface area contributed by atoms with Gasteiger partial charge in [-0.1, -0.05) is 12.1 Å². The molecule has 0 spiro atoms. The van der Waals surface area contributed by atoms with Crippen molar-refractivity contribution in [2.24, 2.45) is 0 Å². The first-order valence-electron chi connectivity index (χ1n) is 4.24. The minimum Gasteiger partial charge on any atom is -0.391 e. The van der Waals surface area contributed by atoms with E-state index in [9.17, 15) is 4.39 Å². The molecule has 0 saturated carbocycles. The van der Waals surface area contributed by atoms with Crippen molar-refractivity contribution in [2.75, 3.05) is 0 Å². The van der Waals surface area contributed by atoms with Crippen LogP contribution in [0.5, 0.6) is 0 Å². The first-order chi connectivity index (χ1) is 6.79. The van der Waals surface area contributed by atoms with Gasteiger partial charge in [0, 0.05) is 4.88 Å². The highest BCUT2D eigenvalue weighted by Crippen LogP contribution is 2.25. The fourth-order valence-corrected chi connectivity index (χ4v) is 2.01. The van der Waals surface area contributed by atoms with E-state index in [-0.39, 0.29) is 12.4 Å². The molecule has 3 heteroatoms. The molecule has 0 saturated heterocycles. The highest BCUT2D eigenvalue weighted by molar-refractivity contribution is 7.10. The number of benzene rings is 1.